The smallest absolute Gasteiger partial charge is 0.410 e. The fraction of sp³-hybridized carbons (Fsp3) is 0.615. The van der Waals surface area contributed by atoms with E-state index >= 15 is 0 Å². The third-order valence-electron chi connectivity index (χ3n) is 8.33. The Kier molecular flexibility index (Phi) is 7.79. The van der Waals surface area contributed by atoms with Crippen molar-refractivity contribution in [3.05, 3.63) is 36.6 Å². The van der Waals surface area contributed by atoms with Gasteiger partial charge in [-0.3, -0.25) is 4.79 Å². The summed E-state index contributed by atoms with van der Waals surface area (Å²) in [4.78, 5) is 54.4. The number of ether oxygens (including phenoxy) is 2. The summed E-state index contributed by atoms with van der Waals surface area (Å²) in [5.74, 6) is -1.27. The van der Waals surface area contributed by atoms with Gasteiger partial charge in [0.2, 0.25) is 5.91 Å². The van der Waals surface area contributed by atoms with E-state index in [4.69, 9.17) is 9.47 Å². The lowest BCUT2D eigenvalue weighted by atomic mass is 9.82. The number of esters is 1. The van der Waals surface area contributed by atoms with Crippen LogP contribution in [0.4, 0.5) is 4.79 Å². The van der Waals surface area contributed by atoms with Crippen molar-refractivity contribution < 1.29 is 28.7 Å². The van der Waals surface area contributed by atoms with Gasteiger partial charge in [0.05, 0.1) is 20.0 Å². The van der Waals surface area contributed by atoms with Crippen molar-refractivity contribution in [2.24, 2.45) is 11.8 Å². The van der Waals surface area contributed by atoms with Gasteiger partial charge in [0, 0.05) is 24.5 Å². The highest BCUT2D eigenvalue weighted by molar-refractivity contribution is 6.84. The van der Waals surface area contributed by atoms with E-state index in [1.54, 1.807) is 9.80 Å². The van der Waals surface area contributed by atoms with Crippen LogP contribution < -0.4 is 0 Å². The molecule has 0 spiro atoms. The van der Waals surface area contributed by atoms with Gasteiger partial charge < -0.3 is 24.1 Å². The molecule has 0 saturated carbocycles. The number of carbonyl (C=O) groups is 4. The van der Waals surface area contributed by atoms with Gasteiger partial charge in [-0.1, -0.05) is 59.2 Å². The Hall–Kier alpha value is -2.68. The van der Waals surface area contributed by atoms with Gasteiger partial charge in [0.1, 0.15) is 25.2 Å². The fourth-order valence-electron chi connectivity index (χ4n) is 5.36. The molecular weight excluding hydrogens is 464 g/mol. The lowest BCUT2D eigenvalue weighted by molar-refractivity contribution is -0.157. The summed E-state index contributed by atoms with van der Waals surface area (Å²) in [5.41, 5.74) is 0.762. The molecule has 3 aliphatic heterocycles. The van der Waals surface area contributed by atoms with Crippen molar-refractivity contribution in [1.82, 2.24) is 9.80 Å². The van der Waals surface area contributed by atoms with Crippen molar-refractivity contribution in [3.8, 4) is 0 Å². The molecule has 2 fully saturated rings. The van der Waals surface area contributed by atoms with Crippen LogP contribution in [0.2, 0.25) is 23.7 Å². The molecule has 192 valence electrons. The van der Waals surface area contributed by atoms with E-state index in [0.29, 0.717) is 25.9 Å². The Labute approximate surface area is 209 Å². The van der Waals surface area contributed by atoms with Crippen LogP contribution in [0.3, 0.4) is 0 Å². The third kappa shape index (κ3) is 4.74. The second-order valence-corrected chi connectivity index (χ2v) is 16.8. The molecule has 0 aliphatic carbocycles. The Morgan fingerprint density at radius 1 is 1.17 bits per heavy atom. The molecule has 9 heteroatoms. The van der Waals surface area contributed by atoms with E-state index in [1.807, 2.05) is 0 Å². The molecule has 0 aromatic rings. The first-order chi connectivity index (χ1) is 16.4. The van der Waals surface area contributed by atoms with E-state index in [2.05, 4.69) is 47.0 Å². The highest BCUT2D eigenvalue weighted by atomic mass is 28.3. The van der Waals surface area contributed by atoms with Gasteiger partial charge in [-0.25, -0.2) is 9.59 Å². The zero-order valence-electron chi connectivity index (χ0n) is 21.5. The standard InChI is InChI=1S/C26H38N2O6Si/c1-8-12-33-24(31)22-18(17-10-11-27(15-17)25(32)34-13-9-2)14-19-21(23(30)28(19)22)20(16-29)35(6,7)26(3,4)5/h8-9,16-17,19-21H,1-2,10-15H2,3-7H3/t17?,19-,20+,21-/m1/s1. The average Bonchev–Trinajstić information content (AvgIpc) is 3.41. The normalized spacial score (nSPS) is 25.1. The lowest BCUT2D eigenvalue weighted by Crippen LogP contribution is -2.64. The number of hydrogen-bond acceptors (Lipinski definition) is 6. The molecule has 8 nitrogen and oxygen atoms in total. The van der Waals surface area contributed by atoms with E-state index in [1.165, 1.54) is 12.2 Å². The highest BCUT2D eigenvalue weighted by Crippen LogP contribution is 2.55. The molecule has 3 heterocycles. The predicted molar refractivity (Wildman–Crippen MR) is 135 cm³/mol. The molecule has 35 heavy (non-hydrogen) atoms. The van der Waals surface area contributed by atoms with Crippen LogP contribution in [0.25, 0.3) is 0 Å². The Bertz CT molecular complexity index is 950. The molecule has 0 radical (unpaired) electrons. The molecule has 0 aromatic heterocycles. The van der Waals surface area contributed by atoms with Crippen LogP contribution >= 0.6 is 0 Å². The van der Waals surface area contributed by atoms with E-state index in [-0.39, 0.29) is 47.4 Å². The minimum absolute atomic E-state index is 0.0390. The second kappa shape index (κ2) is 10.1. The lowest BCUT2D eigenvalue weighted by Gasteiger charge is -2.52. The van der Waals surface area contributed by atoms with Crippen molar-refractivity contribution in [1.29, 1.82) is 0 Å². The van der Waals surface area contributed by atoms with Crippen LogP contribution in [0, 0.1) is 11.8 Å². The second-order valence-electron chi connectivity index (χ2n) is 11.2. The van der Waals surface area contributed by atoms with Crippen LogP contribution in [-0.2, 0) is 23.9 Å². The molecule has 0 N–H and O–H groups in total. The number of aldehydes is 1. The maximum absolute atomic E-state index is 13.5. The summed E-state index contributed by atoms with van der Waals surface area (Å²) >= 11 is 0. The molecule has 1 unspecified atom stereocenters. The minimum atomic E-state index is -2.17. The van der Waals surface area contributed by atoms with Gasteiger partial charge in [0.15, 0.2) is 0 Å². The van der Waals surface area contributed by atoms with Crippen molar-refractivity contribution in [2.45, 2.75) is 63.3 Å². The largest absolute Gasteiger partial charge is 0.457 e. The predicted octanol–water partition coefficient (Wildman–Crippen LogP) is 3.92. The highest BCUT2D eigenvalue weighted by Gasteiger charge is 2.62. The van der Waals surface area contributed by atoms with Crippen LogP contribution in [0.5, 0.6) is 0 Å². The quantitative estimate of drug-likeness (QED) is 0.156. The van der Waals surface area contributed by atoms with E-state index in [0.717, 1.165) is 11.9 Å². The van der Waals surface area contributed by atoms with Gasteiger partial charge in [0.25, 0.3) is 0 Å². The number of hydrogen-bond donors (Lipinski definition) is 0. The zero-order valence-corrected chi connectivity index (χ0v) is 22.5. The van der Waals surface area contributed by atoms with Crippen LogP contribution in [-0.4, -0.2) is 74.5 Å². The van der Waals surface area contributed by atoms with Crippen molar-refractivity contribution >= 4 is 32.3 Å². The summed E-state index contributed by atoms with van der Waals surface area (Å²) < 4.78 is 10.5. The first-order valence-electron chi connectivity index (χ1n) is 12.2. The van der Waals surface area contributed by atoms with Gasteiger partial charge in [-0.2, -0.15) is 0 Å². The molecule has 2 saturated heterocycles. The number of fused-ring (bicyclic) bond motifs is 1. The molecule has 0 bridgehead atoms. The summed E-state index contributed by atoms with van der Waals surface area (Å²) in [6, 6.07) is -0.241. The number of likely N-dealkylation sites (tertiary alicyclic amines) is 1. The first-order valence-corrected chi connectivity index (χ1v) is 15.3. The SMILES string of the molecule is C=CCOC(=O)C1=C(C2CCN(C(=O)OCC=C)C2)C[C@@H]2[C@H]([C@H](C=O)[Si](C)(C)C(C)(C)C)C(=O)N12. The van der Waals surface area contributed by atoms with Crippen molar-refractivity contribution in [3.63, 3.8) is 0 Å². The Morgan fingerprint density at radius 2 is 1.80 bits per heavy atom. The molecule has 4 atom stereocenters. The van der Waals surface area contributed by atoms with Crippen LogP contribution in [0.15, 0.2) is 36.6 Å². The molecule has 2 amide bonds. The number of amides is 2. The minimum Gasteiger partial charge on any atom is -0.457 e. The van der Waals surface area contributed by atoms with Gasteiger partial charge in [-0.05, 0) is 23.5 Å². The van der Waals surface area contributed by atoms with E-state index in [9.17, 15) is 19.2 Å². The fourth-order valence-corrected chi connectivity index (χ4v) is 7.96. The Balaban J connectivity index is 1.89. The summed E-state index contributed by atoms with van der Waals surface area (Å²) in [6.45, 7) is 18.9. The maximum atomic E-state index is 13.5. The molecule has 0 aromatic carbocycles. The number of nitrogens with zero attached hydrogens (tertiary/aromatic N) is 2. The van der Waals surface area contributed by atoms with Crippen LogP contribution in [0.1, 0.15) is 33.6 Å². The zero-order chi connectivity index (χ0) is 26.1. The van der Waals surface area contributed by atoms with Gasteiger partial charge >= 0.3 is 12.1 Å². The topological polar surface area (TPSA) is 93.2 Å². The molecular formula is C26H38N2O6Si. The Morgan fingerprint density at radius 3 is 2.37 bits per heavy atom. The summed E-state index contributed by atoms with van der Waals surface area (Å²) in [6.07, 6.45) is 4.72. The molecule has 3 rings (SSSR count). The first kappa shape index (κ1) is 26.9. The third-order valence-corrected chi connectivity index (χ3v) is 14.4. The van der Waals surface area contributed by atoms with Gasteiger partial charge in [-0.15, -0.1) is 0 Å². The molecule has 3 aliphatic rings. The number of rotatable bonds is 9. The number of β-lactam (4-membered cyclic amide) rings is 1. The monoisotopic (exact) mass is 502 g/mol. The maximum Gasteiger partial charge on any atom is 0.410 e. The van der Waals surface area contributed by atoms with E-state index < -0.39 is 26.1 Å². The number of carbonyl (C=O) groups excluding carboxylic acids is 4. The summed E-state index contributed by atoms with van der Waals surface area (Å²) in [7, 11) is -2.17. The van der Waals surface area contributed by atoms with Crippen molar-refractivity contribution in [2.75, 3.05) is 26.3 Å². The summed E-state index contributed by atoms with van der Waals surface area (Å²) in [5, 5.41) is -0.0718. The average molecular weight is 503 g/mol.